The van der Waals surface area contributed by atoms with Crippen LogP contribution in [0.2, 0.25) is 0 Å². The van der Waals surface area contributed by atoms with Crippen molar-refractivity contribution < 1.29 is 9.59 Å². The maximum atomic E-state index is 12.4. The molecule has 3 N–H and O–H groups in total. The van der Waals surface area contributed by atoms with Gasteiger partial charge in [0.25, 0.3) is 0 Å². The van der Waals surface area contributed by atoms with Crippen LogP contribution in [0.3, 0.4) is 0 Å². The van der Waals surface area contributed by atoms with Gasteiger partial charge in [-0.25, -0.2) is 0 Å². The van der Waals surface area contributed by atoms with Crippen molar-refractivity contribution in [1.29, 1.82) is 0 Å². The van der Waals surface area contributed by atoms with E-state index in [1.807, 2.05) is 30.3 Å². The van der Waals surface area contributed by atoms with Crippen molar-refractivity contribution in [2.75, 3.05) is 29.9 Å². The van der Waals surface area contributed by atoms with Gasteiger partial charge < -0.3 is 20.9 Å². The number of rotatable bonds is 8. The Labute approximate surface area is 197 Å². The Bertz CT molecular complexity index is 909. The molecule has 2 amide bonds. The lowest BCUT2D eigenvalue weighted by atomic mass is 10.0. The number of nitrogens with one attached hydrogen (secondary N) is 3. The van der Waals surface area contributed by atoms with Gasteiger partial charge in [-0.05, 0) is 68.7 Å². The standard InChI is InChI=1S/C27H36N4O2/c32-26(14-6-10-21-8-2-1-3-9-21)30-23-11-7-12-24(20-23)31-18-15-22(16-19-31)29-25-13-4-5-17-28-27(25)33/h1-3,7-9,11-12,20,22,25,29H,4-6,10,13-19H2,(H,28,33)(H,30,32)/t25-/m0/s1. The van der Waals surface area contributed by atoms with E-state index in [0.717, 1.165) is 76.0 Å². The maximum absolute atomic E-state index is 12.4. The van der Waals surface area contributed by atoms with Crippen LogP contribution in [0.5, 0.6) is 0 Å². The number of carbonyl (C=O) groups excluding carboxylic acids is 2. The first kappa shape index (κ1) is 23.3. The maximum Gasteiger partial charge on any atom is 0.237 e. The molecule has 0 radical (unpaired) electrons. The summed E-state index contributed by atoms with van der Waals surface area (Å²) < 4.78 is 0. The number of carbonyl (C=O) groups is 2. The molecular weight excluding hydrogens is 412 g/mol. The van der Waals surface area contributed by atoms with Crippen LogP contribution in [-0.2, 0) is 16.0 Å². The second-order valence-electron chi connectivity index (χ2n) is 9.21. The summed E-state index contributed by atoms with van der Waals surface area (Å²) in [4.78, 5) is 27.0. The van der Waals surface area contributed by atoms with Crippen LogP contribution < -0.4 is 20.9 Å². The molecule has 0 aliphatic carbocycles. The number of aryl methyl sites for hydroxylation is 1. The van der Waals surface area contributed by atoms with E-state index < -0.39 is 0 Å². The number of hydrogen-bond donors (Lipinski definition) is 3. The Morgan fingerprint density at radius 1 is 1.00 bits per heavy atom. The number of hydrogen-bond acceptors (Lipinski definition) is 4. The molecule has 1 atom stereocenters. The fourth-order valence-electron chi connectivity index (χ4n) is 4.79. The molecule has 0 unspecified atom stereocenters. The molecule has 2 fully saturated rings. The van der Waals surface area contributed by atoms with Gasteiger partial charge >= 0.3 is 0 Å². The molecule has 2 aromatic carbocycles. The Hall–Kier alpha value is -2.86. The molecule has 6 heteroatoms. The summed E-state index contributed by atoms with van der Waals surface area (Å²) in [5.41, 5.74) is 3.26. The lowest BCUT2D eigenvalue weighted by molar-refractivity contribution is -0.123. The van der Waals surface area contributed by atoms with Gasteiger partial charge in [0.1, 0.15) is 0 Å². The third-order valence-corrected chi connectivity index (χ3v) is 6.67. The third kappa shape index (κ3) is 7.06. The number of anilines is 2. The first-order chi connectivity index (χ1) is 16.2. The van der Waals surface area contributed by atoms with Crippen LogP contribution in [-0.4, -0.2) is 43.5 Å². The van der Waals surface area contributed by atoms with E-state index in [4.69, 9.17) is 0 Å². The van der Waals surface area contributed by atoms with E-state index in [9.17, 15) is 9.59 Å². The highest BCUT2D eigenvalue weighted by Gasteiger charge is 2.26. The van der Waals surface area contributed by atoms with Crippen molar-refractivity contribution >= 4 is 23.2 Å². The second kappa shape index (κ2) is 11.8. The molecule has 2 aliphatic heterocycles. The average Bonchev–Trinajstić information content (AvgIpc) is 3.04. The quantitative estimate of drug-likeness (QED) is 0.573. The van der Waals surface area contributed by atoms with E-state index in [1.54, 1.807) is 0 Å². The molecule has 0 aromatic heterocycles. The van der Waals surface area contributed by atoms with Crippen molar-refractivity contribution in [2.45, 2.75) is 63.5 Å². The average molecular weight is 449 g/mol. The second-order valence-corrected chi connectivity index (χ2v) is 9.21. The molecule has 176 valence electrons. The van der Waals surface area contributed by atoms with Crippen molar-refractivity contribution in [2.24, 2.45) is 0 Å². The molecule has 6 nitrogen and oxygen atoms in total. The smallest absolute Gasteiger partial charge is 0.237 e. The molecule has 33 heavy (non-hydrogen) atoms. The largest absolute Gasteiger partial charge is 0.371 e. The van der Waals surface area contributed by atoms with E-state index in [0.29, 0.717) is 12.5 Å². The van der Waals surface area contributed by atoms with E-state index >= 15 is 0 Å². The highest BCUT2D eigenvalue weighted by atomic mass is 16.2. The summed E-state index contributed by atoms with van der Waals surface area (Å²) in [7, 11) is 0. The molecule has 0 saturated carbocycles. The third-order valence-electron chi connectivity index (χ3n) is 6.67. The van der Waals surface area contributed by atoms with Crippen LogP contribution in [0.4, 0.5) is 11.4 Å². The Morgan fingerprint density at radius 3 is 2.64 bits per heavy atom. The predicted octanol–water partition coefficient (Wildman–Crippen LogP) is 3.88. The molecule has 0 bridgehead atoms. The summed E-state index contributed by atoms with van der Waals surface area (Å²) in [5, 5.41) is 9.67. The van der Waals surface area contributed by atoms with E-state index in [2.05, 4.69) is 45.1 Å². The first-order valence-electron chi connectivity index (χ1n) is 12.4. The van der Waals surface area contributed by atoms with Gasteiger partial charge in [-0.2, -0.15) is 0 Å². The monoisotopic (exact) mass is 448 g/mol. The van der Waals surface area contributed by atoms with Gasteiger partial charge in [0.2, 0.25) is 11.8 Å². The highest BCUT2D eigenvalue weighted by Crippen LogP contribution is 2.24. The number of piperidine rings is 1. The Kier molecular flexibility index (Phi) is 8.36. The first-order valence-corrected chi connectivity index (χ1v) is 12.4. The Morgan fingerprint density at radius 2 is 1.82 bits per heavy atom. The molecule has 2 saturated heterocycles. The lowest BCUT2D eigenvalue weighted by Gasteiger charge is -2.35. The van der Waals surface area contributed by atoms with Crippen LogP contribution >= 0.6 is 0 Å². The molecule has 2 heterocycles. The van der Waals surface area contributed by atoms with Gasteiger partial charge in [-0.15, -0.1) is 0 Å². The minimum Gasteiger partial charge on any atom is -0.371 e. The molecule has 2 aromatic rings. The molecular formula is C27H36N4O2. The summed E-state index contributed by atoms with van der Waals surface area (Å²) in [6.07, 6.45) is 7.40. The SMILES string of the molecule is O=C(CCCc1ccccc1)Nc1cccc(N2CCC(N[C@H]3CCCCNC3=O)CC2)c1. The summed E-state index contributed by atoms with van der Waals surface area (Å²) in [6, 6.07) is 18.8. The summed E-state index contributed by atoms with van der Waals surface area (Å²) in [6.45, 7) is 2.69. The van der Waals surface area contributed by atoms with Crippen LogP contribution in [0.25, 0.3) is 0 Å². The number of amides is 2. The number of benzene rings is 2. The predicted molar refractivity (Wildman–Crippen MR) is 133 cm³/mol. The van der Waals surface area contributed by atoms with Gasteiger partial charge in [0.15, 0.2) is 0 Å². The Balaban J connectivity index is 1.22. The van der Waals surface area contributed by atoms with Crippen molar-refractivity contribution in [3.63, 3.8) is 0 Å². The van der Waals surface area contributed by atoms with Crippen LogP contribution in [0.15, 0.2) is 54.6 Å². The van der Waals surface area contributed by atoms with E-state index in [-0.39, 0.29) is 17.9 Å². The fraction of sp³-hybridized carbons (Fsp3) is 0.481. The van der Waals surface area contributed by atoms with Gasteiger partial charge in [0.05, 0.1) is 6.04 Å². The zero-order valence-corrected chi connectivity index (χ0v) is 19.4. The lowest BCUT2D eigenvalue weighted by Crippen LogP contribution is -2.51. The van der Waals surface area contributed by atoms with Gasteiger partial charge in [-0.1, -0.05) is 36.4 Å². The molecule has 0 spiro atoms. The zero-order valence-electron chi connectivity index (χ0n) is 19.4. The molecule has 2 aliphatic rings. The van der Waals surface area contributed by atoms with Crippen LogP contribution in [0, 0.1) is 0 Å². The summed E-state index contributed by atoms with van der Waals surface area (Å²) >= 11 is 0. The zero-order chi connectivity index (χ0) is 22.9. The van der Waals surface area contributed by atoms with Crippen molar-refractivity contribution in [3.8, 4) is 0 Å². The number of nitrogens with zero attached hydrogens (tertiary/aromatic N) is 1. The normalized spacial score (nSPS) is 19.6. The highest BCUT2D eigenvalue weighted by molar-refractivity contribution is 5.91. The van der Waals surface area contributed by atoms with E-state index in [1.165, 1.54) is 5.56 Å². The minimum absolute atomic E-state index is 0.0514. The molecule has 4 rings (SSSR count). The fourth-order valence-corrected chi connectivity index (χ4v) is 4.79. The van der Waals surface area contributed by atoms with Gasteiger partial charge in [0, 0.05) is 43.5 Å². The minimum atomic E-state index is -0.0514. The van der Waals surface area contributed by atoms with Crippen molar-refractivity contribution in [3.05, 3.63) is 60.2 Å². The van der Waals surface area contributed by atoms with Crippen molar-refractivity contribution in [1.82, 2.24) is 10.6 Å². The van der Waals surface area contributed by atoms with Gasteiger partial charge in [-0.3, -0.25) is 9.59 Å². The summed E-state index contributed by atoms with van der Waals surface area (Å²) in [5.74, 6) is 0.217. The topological polar surface area (TPSA) is 73.5 Å². The van der Waals surface area contributed by atoms with Crippen LogP contribution in [0.1, 0.15) is 50.5 Å².